The highest BCUT2D eigenvalue weighted by molar-refractivity contribution is 5.96. The van der Waals surface area contributed by atoms with E-state index in [0.29, 0.717) is 5.92 Å². The first kappa shape index (κ1) is 24.1. The maximum Gasteiger partial charge on any atom is 0.326 e. The number of aromatic nitrogens is 1. The minimum absolute atomic E-state index is 0.0330. The molecule has 1 aliphatic carbocycles. The van der Waals surface area contributed by atoms with E-state index in [1.165, 1.54) is 11.6 Å². The minimum Gasteiger partial charge on any atom is -0.480 e. The summed E-state index contributed by atoms with van der Waals surface area (Å²) in [5.74, 6) is -3.14. The van der Waals surface area contributed by atoms with Gasteiger partial charge >= 0.3 is 5.97 Å². The molecule has 0 bridgehead atoms. The minimum atomic E-state index is -1.30. The highest BCUT2D eigenvalue weighted by atomic mass is 19.2. The second kappa shape index (κ2) is 10.9. The molecule has 1 aromatic carbocycles. The van der Waals surface area contributed by atoms with Gasteiger partial charge in [0.25, 0.3) is 5.91 Å². The molecule has 2 aliphatic rings. The van der Waals surface area contributed by atoms with E-state index >= 15 is 0 Å². The fourth-order valence-corrected chi connectivity index (χ4v) is 4.43. The third kappa shape index (κ3) is 5.88. The summed E-state index contributed by atoms with van der Waals surface area (Å²) in [5.41, 5.74) is 1.84. The summed E-state index contributed by atoms with van der Waals surface area (Å²) in [6, 6.07) is 6.20. The smallest absolute Gasteiger partial charge is 0.326 e. The second-order valence-corrected chi connectivity index (χ2v) is 8.96. The van der Waals surface area contributed by atoms with Crippen LogP contribution in [0.4, 0.5) is 14.6 Å². The number of carbonyl (C=O) groups is 2. The number of nitrogens with one attached hydrogen (secondary N) is 2. The first-order valence-electron chi connectivity index (χ1n) is 11.7. The molecule has 0 radical (unpaired) electrons. The lowest BCUT2D eigenvalue weighted by atomic mass is 9.79. The Morgan fingerprint density at radius 2 is 2.06 bits per heavy atom. The summed E-state index contributed by atoms with van der Waals surface area (Å²) >= 11 is 0. The normalized spacial score (nSPS) is 19.9. The average molecular weight is 474 g/mol. The molecule has 4 rings (SSSR count). The third-order valence-electron chi connectivity index (χ3n) is 6.51. The Bertz CT molecular complexity index is 1040. The molecule has 9 heteroatoms. The maximum atomic E-state index is 13.8. The van der Waals surface area contributed by atoms with E-state index in [-0.39, 0.29) is 19.1 Å². The Hall–Kier alpha value is -3.07. The van der Waals surface area contributed by atoms with E-state index in [2.05, 4.69) is 22.8 Å². The summed E-state index contributed by atoms with van der Waals surface area (Å²) in [5, 5.41) is 15.0. The van der Waals surface area contributed by atoms with Crippen LogP contribution in [0.25, 0.3) is 0 Å². The van der Waals surface area contributed by atoms with E-state index in [1.807, 2.05) is 0 Å². The van der Waals surface area contributed by atoms with Crippen LogP contribution in [0, 0.1) is 17.6 Å². The largest absolute Gasteiger partial charge is 0.480 e. The maximum absolute atomic E-state index is 13.8. The van der Waals surface area contributed by atoms with Crippen molar-refractivity contribution in [3.8, 4) is 0 Å². The van der Waals surface area contributed by atoms with Crippen molar-refractivity contribution in [2.75, 3.05) is 18.5 Å². The van der Waals surface area contributed by atoms with E-state index in [1.54, 1.807) is 0 Å². The lowest BCUT2D eigenvalue weighted by molar-refractivity contribution is -0.140. The fraction of sp³-hybridized carbons (Fsp3) is 0.480. The van der Waals surface area contributed by atoms with Crippen molar-refractivity contribution < 1.29 is 28.2 Å². The topological polar surface area (TPSA) is 101 Å². The fourth-order valence-electron chi connectivity index (χ4n) is 4.43. The molecule has 1 amide bonds. The molecule has 1 saturated carbocycles. The number of aryl methyl sites for hydroxylation is 2. The van der Waals surface area contributed by atoms with Crippen LogP contribution in [-0.2, 0) is 22.4 Å². The van der Waals surface area contributed by atoms with Gasteiger partial charge in [0.05, 0.1) is 11.7 Å². The molecule has 1 fully saturated rings. The number of carboxylic acids is 1. The predicted octanol–water partition coefficient (Wildman–Crippen LogP) is 3.72. The molecule has 3 N–H and O–H groups in total. The number of amides is 1. The second-order valence-electron chi connectivity index (χ2n) is 8.96. The average Bonchev–Trinajstić information content (AvgIpc) is 2.80. The van der Waals surface area contributed by atoms with Gasteiger partial charge in [-0.15, -0.1) is 0 Å². The van der Waals surface area contributed by atoms with Crippen LogP contribution >= 0.6 is 0 Å². The SMILES string of the molecule is O=C(N[C@@H](CCO[C@H]1C[C@H](CCc2ccc3c(n2)NCCC3)C1)C(=O)O)c1cccc(F)c1F. The number of aliphatic carboxylic acids is 1. The summed E-state index contributed by atoms with van der Waals surface area (Å²) in [6.07, 6.45) is 6.06. The van der Waals surface area contributed by atoms with Crippen LogP contribution in [0.1, 0.15) is 53.7 Å². The van der Waals surface area contributed by atoms with Crippen molar-refractivity contribution in [2.45, 2.75) is 57.1 Å². The van der Waals surface area contributed by atoms with Gasteiger partial charge in [0.2, 0.25) is 0 Å². The number of carboxylic acid groups (broad SMARTS) is 1. The van der Waals surface area contributed by atoms with Crippen LogP contribution in [0.5, 0.6) is 0 Å². The molecular formula is C25H29F2N3O4. The zero-order valence-electron chi connectivity index (χ0n) is 18.9. The van der Waals surface area contributed by atoms with Crippen LogP contribution in [0.3, 0.4) is 0 Å². The van der Waals surface area contributed by atoms with Gasteiger partial charge in [0.15, 0.2) is 11.6 Å². The molecule has 182 valence electrons. The lowest BCUT2D eigenvalue weighted by Crippen LogP contribution is -2.42. The first-order valence-corrected chi connectivity index (χ1v) is 11.7. The Balaban J connectivity index is 1.16. The van der Waals surface area contributed by atoms with Gasteiger partial charge in [-0.2, -0.15) is 0 Å². The van der Waals surface area contributed by atoms with Gasteiger partial charge < -0.3 is 20.5 Å². The van der Waals surface area contributed by atoms with E-state index in [9.17, 15) is 23.5 Å². The number of ether oxygens (including phenoxy) is 1. The van der Waals surface area contributed by atoms with Crippen LogP contribution in [0.2, 0.25) is 0 Å². The van der Waals surface area contributed by atoms with Crippen molar-refractivity contribution in [1.82, 2.24) is 10.3 Å². The van der Waals surface area contributed by atoms with Crippen LogP contribution < -0.4 is 10.6 Å². The molecule has 1 atom stereocenters. The van der Waals surface area contributed by atoms with Crippen LogP contribution in [-0.4, -0.2) is 47.3 Å². The number of anilines is 1. The van der Waals surface area contributed by atoms with Crippen molar-refractivity contribution >= 4 is 17.7 Å². The van der Waals surface area contributed by atoms with Gasteiger partial charge in [-0.3, -0.25) is 4.79 Å². The number of pyridine rings is 1. The highest BCUT2D eigenvalue weighted by Gasteiger charge is 2.30. The van der Waals surface area contributed by atoms with E-state index in [4.69, 9.17) is 9.72 Å². The number of carbonyl (C=O) groups excluding carboxylic acids is 1. The Morgan fingerprint density at radius 3 is 2.85 bits per heavy atom. The summed E-state index contributed by atoms with van der Waals surface area (Å²) < 4.78 is 32.9. The molecule has 2 heterocycles. The third-order valence-corrected chi connectivity index (χ3v) is 6.51. The summed E-state index contributed by atoms with van der Waals surface area (Å²) in [4.78, 5) is 28.4. The summed E-state index contributed by atoms with van der Waals surface area (Å²) in [6.45, 7) is 1.12. The zero-order chi connectivity index (χ0) is 24.1. The molecule has 0 saturated heterocycles. The zero-order valence-corrected chi connectivity index (χ0v) is 18.9. The monoisotopic (exact) mass is 473 g/mol. The number of nitrogens with zero attached hydrogens (tertiary/aromatic N) is 1. The number of rotatable bonds is 10. The quantitative estimate of drug-likeness (QED) is 0.486. The van der Waals surface area contributed by atoms with Crippen molar-refractivity contribution in [2.24, 2.45) is 5.92 Å². The van der Waals surface area contributed by atoms with Crippen molar-refractivity contribution in [3.63, 3.8) is 0 Å². The molecule has 0 unspecified atom stereocenters. The lowest BCUT2D eigenvalue weighted by Gasteiger charge is -2.35. The van der Waals surface area contributed by atoms with Gasteiger partial charge in [-0.25, -0.2) is 18.6 Å². The number of hydrogen-bond donors (Lipinski definition) is 3. The number of halogens is 2. The standard InChI is InChI=1S/C25H29F2N3O4/c26-20-5-1-4-19(22(20)27)24(31)30-21(25(32)33)10-12-34-18-13-15(14-18)6-8-17-9-7-16-3-2-11-28-23(16)29-17/h1,4-5,7,9,15,18,21H,2-3,6,8,10-14H2,(H,28,29)(H,30,31)(H,32,33)/t15-,18-,21-/m0/s1. The van der Waals surface area contributed by atoms with Gasteiger partial charge in [0.1, 0.15) is 11.9 Å². The Kier molecular flexibility index (Phi) is 7.72. The van der Waals surface area contributed by atoms with Gasteiger partial charge in [-0.05, 0) is 68.2 Å². The molecule has 1 aliphatic heterocycles. The van der Waals surface area contributed by atoms with E-state index < -0.39 is 35.1 Å². The molecule has 1 aromatic heterocycles. The first-order chi connectivity index (χ1) is 16.4. The van der Waals surface area contributed by atoms with Gasteiger partial charge in [0, 0.05) is 25.3 Å². The summed E-state index contributed by atoms with van der Waals surface area (Å²) in [7, 11) is 0. The Labute approximate surface area is 196 Å². The Morgan fingerprint density at radius 1 is 1.24 bits per heavy atom. The molecule has 34 heavy (non-hydrogen) atoms. The number of fused-ring (bicyclic) bond motifs is 1. The number of hydrogen-bond acceptors (Lipinski definition) is 5. The molecular weight excluding hydrogens is 444 g/mol. The molecule has 7 nitrogen and oxygen atoms in total. The van der Waals surface area contributed by atoms with Gasteiger partial charge in [-0.1, -0.05) is 12.1 Å². The predicted molar refractivity (Wildman–Crippen MR) is 122 cm³/mol. The van der Waals surface area contributed by atoms with Crippen molar-refractivity contribution in [3.05, 3.63) is 58.8 Å². The number of benzene rings is 1. The molecule has 2 aromatic rings. The van der Waals surface area contributed by atoms with Crippen molar-refractivity contribution in [1.29, 1.82) is 0 Å². The van der Waals surface area contributed by atoms with E-state index in [0.717, 1.165) is 68.7 Å². The highest BCUT2D eigenvalue weighted by Crippen LogP contribution is 2.34. The molecule has 0 spiro atoms. The van der Waals surface area contributed by atoms with Crippen LogP contribution in [0.15, 0.2) is 30.3 Å².